The van der Waals surface area contributed by atoms with Gasteiger partial charge in [0.2, 0.25) is 0 Å². The van der Waals surface area contributed by atoms with Crippen molar-refractivity contribution >= 4 is 72.1 Å². The van der Waals surface area contributed by atoms with Crippen molar-refractivity contribution in [2.75, 3.05) is 9.80 Å². The number of hydrogen-bond acceptors (Lipinski definition) is 3. The molecule has 2 aliphatic rings. The van der Waals surface area contributed by atoms with Crippen molar-refractivity contribution in [1.29, 1.82) is 5.26 Å². The Labute approximate surface area is 427 Å². The van der Waals surface area contributed by atoms with Gasteiger partial charge in [-0.2, -0.15) is 5.26 Å². The predicted molar refractivity (Wildman–Crippen MR) is 304 cm³/mol. The molecular formula is C69H50N4. The van der Waals surface area contributed by atoms with Gasteiger partial charge in [-0.25, -0.2) is 4.85 Å². The Hall–Kier alpha value is -9.22. The lowest BCUT2D eigenvalue weighted by atomic mass is 9.68. The Morgan fingerprint density at radius 3 is 1.41 bits per heavy atom. The number of fused-ring (bicyclic) bond motifs is 16. The van der Waals surface area contributed by atoms with E-state index >= 15 is 0 Å². The molecule has 4 nitrogen and oxygen atoms in total. The van der Waals surface area contributed by atoms with Crippen LogP contribution in [0.5, 0.6) is 0 Å². The second-order valence-electron chi connectivity index (χ2n) is 20.2. The van der Waals surface area contributed by atoms with Crippen LogP contribution in [0, 0.1) is 17.9 Å². The molecule has 1 atom stereocenters. The average Bonchev–Trinajstić information content (AvgIpc) is 3.94. The summed E-state index contributed by atoms with van der Waals surface area (Å²) in [6.07, 6.45) is 0. The second-order valence-corrected chi connectivity index (χ2v) is 20.2. The predicted octanol–water partition coefficient (Wildman–Crippen LogP) is 19.1. The van der Waals surface area contributed by atoms with Crippen molar-refractivity contribution in [3.63, 3.8) is 0 Å². The minimum Gasteiger partial charge on any atom is -0.311 e. The Bertz CT molecular complexity index is 3890. The highest BCUT2D eigenvalue weighted by Gasteiger charge is 2.53. The summed E-state index contributed by atoms with van der Waals surface area (Å²) in [5.74, 6) is 0.829. The summed E-state index contributed by atoms with van der Waals surface area (Å²) in [5, 5.41) is 17.0. The van der Waals surface area contributed by atoms with Crippen LogP contribution in [-0.2, 0) is 5.41 Å². The van der Waals surface area contributed by atoms with Gasteiger partial charge in [-0.1, -0.05) is 161 Å². The number of rotatable bonds is 8. The summed E-state index contributed by atoms with van der Waals surface area (Å²) in [7, 11) is 0. The Morgan fingerprint density at radius 2 is 0.890 bits per heavy atom. The number of hydrogen-bond donors (Lipinski definition) is 0. The minimum absolute atomic E-state index is 0.414. The number of nitrogens with zero attached hydrogens (tertiary/aromatic N) is 4. The maximum absolute atomic E-state index is 9.75. The molecular weight excluding hydrogens is 885 g/mol. The molecule has 4 heteroatoms. The van der Waals surface area contributed by atoms with E-state index in [1.165, 1.54) is 77.2 Å². The van der Waals surface area contributed by atoms with Crippen LogP contribution < -0.4 is 9.80 Å². The van der Waals surface area contributed by atoms with Crippen LogP contribution in [0.25, 0.3) is 59.4 Å². The lowest BCUT2D eigenvalue weighted by Gasteiger charge is -2.33. The van der Waals surface area contributed by atoms with Crippen molar-refractivity contribution in [2.45, 2.75) is 44.9 Å². The highest BCUT2D eigenvalue weighted by atomic mass is 15.1. The fourth-order valence-electron chi connectivity index (χ4n) is 12.2. The zero-order valence-electron chi connectivity index (χ0n) is 41.2. The number of anilines is 6. The molecule has 1 spiro atoms. The van der Waals surface area contributed by atoms with Gasteiger partial charge in [-0.05, 0) is 185 Å². The monoisotopic (exact) mass is 934 g/mol. The molecule has 0 aromatic heterocycles. The summed E-state index contributed by atoms with van der Waals surface area (Å²) in [4.78, 5) is 8.33. The normalized spacial score (nSPS) is 14.0. The molecule has 0 bridgehead atoms. The van der Waals surface area contributed by atoms with E-state index in [1.54, 1.807) is 0 Å². The zero-order valence-corrected chi connectivity index (χ0v) is 41.2. The van der Waals surface area contributed by atoms with Gasteiger partial charge in [0.15, 0.2) is 5.69 Å². The summed E-state index contributed by atoms with van der Waals surface area (Å²) in [5.41, 5.74) is 19.7. The molecule has 0 saturated heterocycles. The van der Waals surface area contributed by atoms with Crippen molar-refractivity contribution in [3.05, 3.63) is 269 Å². The molecule has 73 heavy (non-hydrogen) atoms. The van der Waals surface area contributed by atoms with E-state index in [0.717, 1.165) is 44.9 Å². The molecule has 346 valence electrons. The quantitative estimate of drug-likeness (QED) is 0.142. The molecule has 2 aliphatic carbocycles. The van der Waals surface area contributed by atoms with E-state index in [2.05, 4.69) is 230 Å². The maximum Gasteiger partial charge on any atom is 0.187 e. The van der Waals surface area contributed by atoms with Crippen LogP contribution >= 0.6 is 0 Å². The molecule has 0 fully saturated rings. The molecule has 11 aromatic rings. The number of benzene rings is 11. The first-order chi connectivity index (χ1) is 35.7. The van der Waals surface area contributed by atoms with Gasteiger partial charge in [-0.15, -0.1) is 0 Å². The standard InChI is InChI=1S/C69H50N4/c1-43(2)46-16-27-53(28-17-46)72(52-25-14-45(42-70)15-26-52)56-33-37-59-49(40-56)20-35-61-62-36-21-50-41-57(73(55-31-23-51(71-5)24-32-55)54-29-18-47(19-30-54)44(3)4)34-38-60(50)68(62)69(67(59)61)64-13-9-8-12-63(64)66-58-11-7-6-10-48(58)22-39-65(66)69/h6-41,43-44H,1-4H3. The van der Waals surface area contributed by atoms with Gasteiger partial charge in [0.05, 0.1) is 23.6 Å². The van der Waals surface area contributed by atoms with Crippen LogP contribution in [0.1, 0.15) is 78.5 Å². The molecule has 0 saturated carbocycles. The lowest BCUT2D eigenvalue weighted by Crippen LogP contribution is -2.26. The van der Waals surface area contributed by atoms with Gasteiger partial charge < -0.3 is 9.80 Å². The van der Waals surface area contributed by atoms with E-state index in [4.69, 9.17) is 6.57 Å². The van der Waals surface area contributed by atoms with E-state index in [1.807, 2.05) is 36.4 Å². The van der Waals surface area contributed by atoms with Crippen molar-refractivity contribution < 1.29 is 0 Å². The van der Waals surface area contributed by atoms with Crippen LogP contribution in [0.15, 0.2) is 218 Å². The van der Waals surface area contributed by atoms with Crippen LogP contribution in [0.3, 0.4) is 0 Å². The van der Waals surface area contributed by atoms with Crippen molar-refractivity contribution in [3.8, 4) is 28.3 Å². The molecule has 0 heterocycles. The van der Waals surface area contributed by atoms with E-state index in [0.29, 0.717) is 23.1 Å². The summed E-state index contributed by atoms with van der Waals surface area (Å²) in [6.45, 7) is 16.6. The first kappa shape index (κ1) is 43.8. The van der Waals surface area contributed by atoms with Gasteiger partial charge in [0, 0.05) is 34.1 Å². The van der Waals surface area contributed by atoms with Crippen molar-refractivity contribution in [1.82, 2.24) is 0 Å². The third-order valence-electron chi connectivity index (χ3n) is 15.6. The van der Waals surface area contributed by atoms with E-state index in [9.17, 15) is 5.26 Å². The van der Waals surface area contributed by atoms with Crippen LogP contribution in [-0.4, -0.2) is 0 Å². The lowest BCUT2D eigenvalue weighted by molar-refractivity contribution is 0.810. The van der Waals surface area contributed by atoms with Crippen LogP contribution in [0.4, 0.5) is 39.8 Å². The summed E-state index contributed by atoms with van der Waals surface area (Å²) >= 11 is 0. The molecule has 0 aliphatic heterocycles. The third-order valence-corrected chi connectivity index (χ3v) is 15.6. The minimum atomic E-state index is -0.649. The molecule has 11 aromatic carbocycles. The SMILES string of the molecule is [C-]#[N+]c1ccc(N(c2ccc(C(C)C)cc2)c2ccc3c4c(ccc3c2)-c2ccc3cc(N(c5ccc(C#N)cc5)c5ccc(C(C)C)cc5)ccc3c2C42c3ccccc3-c3c2ccc2ccccc32)cc1. The highest BCUT2D eigenvalue weighted by molar-refractivity contribution is 6.13. The number of nitriles is 1. The van der Waals surface area contributed by atoms with Gasteiger partial charge in [0.25, 0.3) is 0 Å². The fourth-order valence-corrected chi connectivity index (χ4v) is 12.2. The topological polar surface area (TPSA) is 34.6 Å². The highest BCUT2D eigenvalue weighted by Crippen LogP contribution is 2.66. The molecule has 1 unspecified atom stereocenters. The Kier molecular flexibility index (Phi) is 10.2. The first-order valence-corrected chi connectivity index (χ1v) is 25.3. The average molecular weight is 935 g/mol. The zero-order chi connectivity index (χ0) is 49.5. The third kappa shape index (κ3) is 6.72. The first-order valence-electron chi connectivity index (χ1n) is 25.3. The molecule has 13 rings (SSSR count). The maximum atomic E-state index is 9.75. The largest absolute Gasteiger partial charge is 0.311 e. The summed E-state index contributed by atoms with van der Waals surface area (Å²) in [6, 6.07) is 82.0. The van der Waals surface area contributed by atoms with Crippen LogP contribution in [0.2, 0.25) is 0 Å². The molecule has 0 amide bonds. The smallest absolute Gasteiger partial charge is 0.187 e. The molecule has 0 N–H and O–H groups in total. The Morgan fingerprint density at radius 1 is 0.425 bits per heavy atom. The van der Waals surface area contributed by atoms with Gasteiger partial charge in [-0.3, -0.25) is 0 Å². The van der Waals surface area contributed by atoms with Gasteiger partial charge in [0.1, 0.15) is 0 Å². The van der Waals surface area contributed by atoms with Crippen molar-refractivity contribution in [2.24, 2.45) is 0 Å². The Balaban J connectivity index is 1.06. The van der Waals surface area contributed by atoms with Gasteiger partial charge >= 0.3 is 0 Å². The van der Waals surface area contributed by atoms with E-state index in [-0.39, 0.29) is 0 Å². The fraction of sp³-hybridized carbons (Fsp3) is 0.101. The second kappa shape index (κ2) is 17.0. The molecule has 0 radical (unpaired) electrons. The summed E-state index contributed by atoms with van der Waals surface area (Å²) < 4.78 is 0. The van der Waals surface area contributed by atoms with E-state index < -0.39 is 5.41 Å².